The summed E-state index contributed by atoms with van der Waals surface area (Å²) in [6.45, 7) is 11.2. The summed E-state index contributed by atoms with van der Waals surface area (Å²) < 4.78 is 0. The lowest BCUT2D eigenvalue weighted by molar-refractivity contribution is 0.155. The van der Waals surface area contributed by atoms with Crippen LogP contribution in [0.1, 0.15) is 23.7 Å². The van der Waals surface area contributed by atoms with Gasteiger partial charge in [-0.05, 0) is 7.05 Å². The Morgan fingerprint density at radius 3 is 2.74 bits per heavy atom. The van der Waals surface area contributed by atoms with Gasteiger partial charge in [-0.25, -0.2) is 4.98 Å². The van der Waals surface area contributed by atoms with Crippen LogP contribution >= 0.6 is 11.3 Å². The molecule has 1 aromatic heterocycles. The van der Waals surface area contributed by atoms with E-state index in [1.807, 2.05) is 17.5 Å². The van der Waals surface area contributed by atoms with Crippen LogP contribution in [0.5, 0.6) is 0 Å². The van der Waals surface area contributed by atoms with Crippen LogP contribution in [0.25, 0.3) is 0 Å². The van der Waals surface area contributed by atoms with Crippen LogP contribution < -0.4 is 5.32 Å². The number of nitrogens with zero attached hydrogens (tertiary/aromatic N) is 3. The number of nitrogens with one attached hydrogen (secondary N) is 1. The molecule has 1 aromatic rings. The third kappa shape index (κ3) is 5.18. The zero-order chi connectivity index (χ0) is 13.7. The molecule has 2 rings (SSSR count). The zero-order valence-electron chi connectivity index (χ0n) is 12.4. The summed E-state index contributed by atoms with van der Waals surface area (Å²) in [7, 11) is 2.20. The Morgan fingerprint density at radius 2 is 2.05 bits per heavy atom. The van der Waals surface area contributed by atoms with Crippen LogP contribution in [-0.2, 0) is 13.0 Å². The molecule has 0 unspecified atom stereocenters. The van der Waals surface area contributed by atoms with E-state index in [1.165, 1.54) is 36.1 Å². The Morgan fingerprint density at radius 1 is 1.32 bits per heavy atom. The topological polar surface area (TPSA) is 31.4 Å². The maximum Gasteiger partial charge on any atom is 0.0940 e. The number of piperazine rings is 1. The lowest BCUT2D eigenvalue weighted by atomic mass is 10.3. The van der Waals surface area contributed by atoms with Crippen LogP contribution in [0.15, 0.2) is 6.20 Å². The van der Waals surface area contributed by atoms with Gasteiger partial charge >= 0.3 is 0 Å². The molecular formula is C14H26N4S. The van der Waals surface area contributed by atoms with Crippen molar-refractivity contribution in [3.8, 4) is 0 Å². The predicted molar refractivity (Wildman–Crippen MR) is 81.7 cm³/mol. The highest BCUT2D eigenvalue weighted by atomic mass is 32.1. The summed E-state index contributed by atoms with van der Waals surface area (Å²) >= 11 is 1.85. The predicted octanol–water partition coefficient (Wildman–Crippen LogP) is 1.43. The van der Waals surface area contributed by atoms with Gasteiger partial charge in [0.2, 0.25) is 0 Å². The Balaban J connectivity index is 1.71. The molecule has 4 nitrogen and oxygen atoms in total. The highest BCUT2D eigenvalue weighted by Gasteiger charge is 2.13. The molecule has 1 saturated heterocycles. The zero-order valence-corrected chi connectivity index (χ0v) is 13.2. The SMILES string of the molecule is CC(C)NCc1cnc(CCN2CCN(C)CC2)s1. The molecule has 1 aliphatic heterocycles. The third-order valence-electron chi connectivity index (χ3n) is 3.52. The molecule has 2 heterocycles. The molecule has 0 spiro atoms. The highest BCUT2D eigenvalue weighted by molar-refractivity contribution is 7.11. The van der Waals surface area contributed by atoms with Gasteiger partial charge in [0.15, 0.2) is 0 Å². The normalized spacial score (nSPS) is 18.3. The average Bonchev–Trinajstić information content (AvgIpc) is 2.84. The molecule has 19 heavy (non-hydrogen) atoms. The van der Waals surface area contributed by atoms with Crippen molar-refractivity contribution in [1.82, 2.24) is 20.1 Å². The number of aromatic nitrogens is 1. The number of thiazole rings is 1. The van der Waals surface area contributed by atoms with E-state index in [0.29, 0.717) is 6.04 Å². The number of hydrogen-bond acceptors (Lipinski definition) is 5. The minimum Gasteiger partial charge on any atom is -0.310 e. The molecule has 0 amide bonds. The van der Waals surface area contributed by atoms with Crippen molar-refractivity contribution in [2.75, 3.05) is 39.8 Å². The second kappa shape index (κ2) is 7.33. The molecule has 0 aromatic carbocycles. The molecule has 108 valence electrons. The van der Waals surface area contributed by atoms with Crippen molar-refractivity contribution in [3.05, 3.63) is 16.1 Å². The summed E-state index contributed by atoms with van der Waals surface area (Å²) in [5.41, 5.74) is 0. The van der Waals surface area contributed by atoms with E-state index in [-0.39, 0.29) is 0 Å². The fourth-order valence-corrected chi connectivity index (χ4v) is 3.04. The van der Waals surface area contributed by atoms with E-state index < -0.39 is 0 Å². The van der Waals surface area contributed by atoms with Crippen LogP contribution in [0, 0.1) is 0 Å². The lowest BCUT2D eigenvalue weighted by Crippen LogP contribution is -2.45. The maximum absolute atomic E-state index is 4.53. The van der Waals surface area contributed by atoms with Gasteiger partial charge in [-0.1, -0.05) is 13.8 Å². The minimum atomic E-state index is 0.538. The largest absolute Gasteiger partial charge is 0.310 e. The summed E-state index contributed by atoms with van der Waals surface area (Å²) in [6, 6.07) is 0.538. The quantitative estimate of drug-likeness (QED) is 0.855. The Kier molecular flexibility index (Phi) is 5.76. The lowest BCUT2D eigenvalue weighted by Gasteiger charge is -2.32. The van der Waals surface area contributed by atoms with E-state index in [0.717, 1.165) is 19.5 Å². The van der Waals surface area contributed by atoms with E-state index in [2.05, 4.69) is 41.0 Å². The van der Waals surface area contributed by atoms with Crippen molar-refractivity contribution in [3.63, 3.8) is 0 Å². The Bertz CT molecular complexity index is 369. The van der Waals surface area contributed by atoms with E-state index >= 15 is 0 Å². The van der Waals surface area contributed by atoms with Crippen molar-refractivity contribution in [2.24, 2.45) is 0 Å². The first-order chi connectivity index (χ1) is 9.13. The van der Waals surface area contributed by atoms with Crippen LogP contribution in [-0.4, -0.2) is 60.6 Å². The summed E-state index contributed by atoms with van der Waals surface area (Å²) in [4.78, 5) is 10.8. The van der Waals surface area contributed by atoms with Gasteiger partial charge in [-0.3, -0.25) is 0 Å². The first kappa shape index (κ1) is 14.9. The van der Waals surface area contributed by atoms with E-state index in [1.54, 1.807) is 0 Å². The molecule has 1 N–H and O–H groups in total. The molecule has 0 aliphatic carbocycles. The Labute approximate surface area is 120 Å². The first-order valence-corrected chi connectivity index (χ1v) is 8.03. The molecule has 0 saturated carbocycles. The molecule has 0 atom stereocenters. The van der Waals surface area contributed by atoms with Gasteiger partial charge in [0, 0.05) is 62.8 Å². The molecular weight excluding hydrogens is 256 g/mol. The van der Waals surface area contributed by atoms with Crippen LogP contribution in [0.2, 0.25) is 0 Å². The summed E-state index contributed by atoms with van der Waals surface area (Å²) in [6.07, 6.45) is 3.12. The fourth-order valence-electron chi connectivity index (χ4n) is 2.18. The fraction of sp³-hybridized carbons (Fsp3) is 0.786. The van der Waals surface area contributed by atoms with Crippen molar-refractivity contribution < 1.29 is 0 Å². The number of likely N-dealkylation sites (N-methyl/N-ethyl adjacent to an activating group) is 1. The van der Waals surface area contributed by atoms with Crippen molar-refractivity contribution >= 4 is 11.3 Å². The second-order valence-electron chi connectivity index (χ2n) is 5.65. The molecule has 1 aliphatic rings. The number of hydrogen-bond donors (Lipinski definition) is 1. The van der Waals surface area contributed by atoms with E-state index in [4.69, 9.17) is 0 Å². The average molecular weight is 282 g/mol. The Hall–Kier alpha value is -0.490. The summed E-state index contributed by atoms with van der Waals surface area (Å²) in [5.74, 6) is 0. The van der Waals surface area contributed by atoms with Gasteiger partial charge in [0.1, 0.15) is 0 Å². The van der Waals surface area contributed by atoms with Gasteiger partial charge in [0.25, 0.3) is 0 Å². The minimum absolute atomic E-state index is 0.538. The molecule has 5 heteroatoms. The first-order valence-electron chi connectivity index (χ1n) is 7.21. The molecule has 0 bridgehead atoms. The second-order valence-corrected chi connectivity index (χ2v) is 6.85. The van der Waals surface area contributed by atoms with Gasteiger partial charge < -0.3 is 15.1 Å². The molecule has 1 fully saturated rings. The van der Waals surface area contributed by atoms with Crippen LogP contribution in [0.3, 0.4) is 0 Å². The standard InChI is InChI=1S/C14H26N4S/c1-12(2)15-10-13-11-16-14(19-13)4-5-18-8-6-17(3)7-9-18/h11-12,15H,4-10H2,1-3H3. The van der Waals surface area contributed by atoms with Crippen molar-refractivity contribution in [1.29, 1.82) is 0 Å². The number of rotatable bonds is 6. The summed E-state index contributed by atoms with van der Waals surface area (Å²) in [5, 5.41) is 4.72. The highest BCUT2D eigenvalue weighted by Crippen LogP contribution is 2.14. The van der Waals surface area contributed by atoms with Gasteiger partial charge in [-0.15, -0.1) is 11.3 Å². The van der Waals surface area contributed by atoms with Gasteiger partial charge in [0.05, 0.1) is 5.01 Å². The smallest absolute Gasteiger partial charge is 0.0940 e. The monoisotopic (exact) mass is 282 g/mol. The maximum atomic E-state index is 4.53. The molecule has 0 radical (unpaired) electrons. The van der Waals surface area contributed by atoms with Crippen molar-refractivity contribution in [2.45, 2.75) is 32.9 Å². The van der Waals surface area contributed by atoms with Gasteiger partial charge in [-0.2, -0.15) is 0 Å². The van der Waals surface area contributed by atoms with Crippen LogP contribution in [0.4, 0.5) is 0 Å². The third-order valence-corrected chi connectivity index (χ3v) is 4.58. The van der Waals surface area contributed by atoms with E-state index in [9.17, 15) is 0 Å².